The van der Waals surface area contributed by atoms with Crippen molar-refractivity contribution in [1.82, 2.24) is 4.98 Å². The second-order valence-electron chi connectivity index (χ2n) is 3.79. The van der Waals surface area contributed by atoms with E-state index in [9.17, 15) is 8.42 Å². The summed E-state index contributed by atoms with van der Waals surface area (Å²) in [7, 11) is -3.96. The number of aromatic nitrogens is 1. The van der Waals surface area contributed by atoms with Gasteiger partial charge in [-0.05, 0) is 24.3 Å². The molecule has 0 saturated carbocycles. The maximum absolute atomic E-state index is 12.3. The van der Waals surface area contributed by atoms with Gasteiger partial charge in [0.2, 0.25) is 0 Å². The summed E-state index contributed by atoms with van der Waals surface area (Å²) in [6.07, 6.45) is 1.37. The molecule has 2 rings (SSSR count). The van der Waals surface area contributed by atoms with E-state index in [0.29, 0.717) is 0 Å². The van der Waals surface area contributed by atoms with E-state index in [-0.39, 0.29) is 31.5 Å². The maximum Gasteiger partial charge on any atom is 0.264 e. The lowest BCUT2D eigenvalue weighted by atomic mass is 10.3. The molecule has 0 spiro atoms. The minimum absolute atomic E-state index is 0.0670. The van der Waals surface area contributed by atoms with E-state index in [0.717, 1.165) is 0 Å². The molecule has 0 unspecified atom stereocenters. The standard InChI is InChI=1S/C11H8Cl3N3O2S/c12-8-3-6(15)4-9(13)11(8)20(18,19)17-7-1-2-16-10(14)5-7/h1-5H,15H2,(H,16,17). The molecular formula is C11H8Cl3N3O2S. The summed E-state index contributed by atoms with van der Waals surface area (Å²) in [5.74, 6) is 0. The van der Waals surface area contributed by atoms with E-state index in [2.05, 4.69) is 9.71 Å². The van der Waals surface area contributed by atoms with Crippen LogP contribution >= 0.6 is 34.8 Å². The predicted octanol–water partition coefficient (Wildman–Crippen LogP) is 3.42. The number of nitrogens with two attached hydrogens (primary N) is 1. The Morgan fingerprint density at radius 3 is 2.25 bits per heavy atom. The van der Waals surface area contributed by atoms with Crippen molar-refractivity contribution in [3.05, 3.63) is 45.7 Å². The molecule has 1 aromatic heterocycles. The van der Waals surface area contributed by atoms with Crippen molar-refractivity contribution in [1.29, 1.82) is 0 Å². The van der Waals surface area contributed by atoms with Gasteiger partial charge in [0.25, 0.3) is 10.0 Å². The molecule has 3 N–H and O–H groups in total. The molecule has 0 atom stereocenters. The van der Waals surface area contributed by atoms with Gasteiger partial charge < -0.3 is 5.73 Å². The molecule has 9 heteroatoms. The van der Waals surface area contributed by atoms with E-state index < -0.39 is 10.0 Å². The highest BCUT2D eigenvalue weighted by atomic mass is 35.5. The third-order valence-electron chi connectivity index (χ3n) is 2.27. The molecule has 5 nitrogen and oxygen atoms in total. The van der Waals surface area contributed by atoms with Crippen LogP contribution in [0.5, 0.6) is 0 Å². The first-order valence-electron chi connectivity index (χ1n) is 5.18. The van der Waals surface area contributed by atoms with Crippen LogP contribution in [-0.2, 0) is 10.0 Å². The average molecular weight is 353 g/mol. The van der Waals surface area contributed by atoms with Crippen LogP contribution in [-0.4, -0.2) is 13.4 Å². The molecule has 2 aromatic rings. The molecule has 106 valence electrons. The normalized spacial score (nSPS) is 11.3. The Bertz CT molecular complexity index is 742. The number of nitrogens with zero attached hydrogens (tertiary/aromatic N) is 1. The Hall–Kier alpha value is -1.21. The topological polar surface area (TPSA) is 85.1 Å². The van der Waals surface area contributed by atoms with Gasteiger partial charge in [0.1, 0.15) is 10.0 Å². The highest BCUT2D eigenvalue weighted by Gasteiger charge is 2.22. The van der Waals surface area contributed by atoms with Gasteiger partial charge in [-0.25, -0.2) is 13.4 Å². The number of nitrogen functional groups attached to an aromatic ring is 1. The van der Waals surface area contributed by atoms with E-state index >= 15 is 0 Å². The summed E-state index contributed by atoms with van der Waals surface area (Å²) in [6.45, 7) is 0. The summed E-state index contributed by atoms with van der Waals surface area (Å²) in [5.41, 5.74) is 6.05. The maximum atomic E-state index is 12.3. The van der Waals surface area contributed by atoms with Crippen LogP contribution in [0.15, 0.2) is 35.4 Å². The molecule has 0 aliphatic rings. The van der Waals surface area contributed by atoms with Gasteiger partial charge in [-0.1, -0.05) is 34.8 Å². The zero-order chi connectivity index (χ0) is 14.9. The Labute approximate surface area is 130 Å². The van der Waals surface area contributed by atoms with Crippen molar-refractivity contribution >= 4 is 56.2 Å². The fourth-order valence-electron chi connectivity index (χ4n) is 1.51. The lowest BCUT2D eigenvalue weighted by Crippen LogP contribution is -2.14. The Morgan fingerprint density at radius 1 is 1.10 bits per heavy atom. The number of benzene rings is 1. The summed E-state index contributed by atoms with van der Waals surface area (Å²) in [5, 5.41) is 0.0185. The SMILES string of the molecule is Nc1cc(Cl)c(S(=O)(=O)Nc2ccnc(Cl)c2)c(Cl)c1. The molecule has 0 bridgehead atoms. The quantitative estimate of drug-likeness (QED) is 0.654. The summed E-state index contributed by atoms with van der Waals surface area (Å²) in [6, 6.07) is 5.42. The van der Waals surface area contributed by atoms with Gasteiger partial charge in [0.05, 0.1) is 15.7 Å². The molecule has 20 heavy (non-hydrogen) atoms. The molecule has 0 saturated heterocycles. The largest absolute Gasteiger partial charge is 0.399 e. The van der Waals surface area contributed by atoms with Crippen LogP contribution in [0.4, 0.5) is 11.4 Å². The van der Waals surface area contributed by atoms with E-state index in [1.165, 1.54) is 30.5 Å². The third kappa shape index (κ3) is 3.27. The number of rotatable bonds is 3. The highest BCUT2D eigenvalue weighted by Crippen LogP contribution is 2.33. The van der Waals surface area contributed by atoms with Crippen LogP contribution < -0.4 is 10.5 Å². The van der Waals surface area contributed by atoms with Crippen molar-refractivity contribution in [2.75, 3.05) is 10.5 Å². The number of hydrogen-bond donors (Lipinski definition) is 2. The van der Waals surface area contributed by atoms with Crippen LogP contribution in [0.3, 0.4) is 0 Å². The molecule has 1 aromatic carbocycles. The molecular weight excluding hydrogens is 345 g/mol. The monoisotopic (exact) mass is 351 g/mol. The average Bonchev–Trinajstić information content (AvgIpc) is 2.25. The Kier molecular flexibility index (Phi) is 4.29. The number of sulfonamides is 1. The van der Waals surface area contributed by atoms with Crippen LogP contribution in [0, 0.1) is 0 Å². The lowest BCUT2D eigenvalue weighted by molar-refractivity contribution is 0.601. The van der Waals surface area contributed by atoms with Gasteiger partial charge in [-0.3, -0.25) is 4.72 Å². The van der Waals surface area contributed by atoms with Gasteiger partial charge in [-0.15, -0.1) is 0 Å². The number of hydrogen-bond acceptors (Lipinski definition) is 4. The lowest BCUT2D eigenvalue weighted by Gasteiger charge is -2.11. The molecule has 0 aliphatic carbocycles. The van der Waals surface area contributed by atoms with E-state index in [1.54, 1.807) is 0 Å². The highest BCUT2D eigenvalue weighted by molar-refractivity contribution is 7.93. The number of nitrogens with one attached hydrogen (secondary N) is 1. The second-order valence-corrected chi connectivity index (χ2v) is 6.61. The molecule has 0 fully saturated rings. The van der Waals surface area contributed by atoms with Crippen molar-refractivity contribution in [3.63, 3.8) is 0 Å². The molecule has 0 amide bonds. The van der Waals surface area contributed by atoms with Crippen molar-refractivity contribution < 1.29 is 8.42 Å². The fraction of sp³-hybridized carbons (Fsp3) is 0. The first kappa shape index (κ1) is 15.2. The fourth-order valence-corrected chi connectivity index (χ4v) is 3.97. The molecule has 0 radical (unpaired) electrons. The number of anilines is 2. The number of halogens is 3. The predicted molar refractivity (Wildman–Crippen MR) is 80.9 cm³/mol. The number of pyridine rings is 1. The first-order chi connectivity index (χ1) is 9.29. The van der Waals surface area contributed by atoms with Crippen LogP contribution in [0.25, 0.3) is 0 Å². The van der Waals surface area contributed by atoms with Crippen LogP contribution in [0.2, 0.25) is 15.2 Å². The zero-order valence-corrected chi connectivity index (χ0v) is 12.9. The van der Waals surface area contributed by atoms with Crippen molar-refractivity contribution in [3.8, 4) is 0 Å². The molecule has 1 heterocycles. The minimum Gasteiger partial charge on any atom is -0.399 e. The van der Waals surface area contributed by atoms with Gasteiger partial charge in [0, 0.05) is 11.9 Å². The van der Waals surface area contributed by atoms with Crippen LogP contribution in [0.1, 0.15) is 0 Å². The zero-order valence-electron chi connectivity index (χ0n) is 9.77. The van der Waals surface area contributed by atoms with Gasteiger partial charge >= 0.3 is 0 Å². The Balaban J connectivity index is 2.46. The molecule has 0 aliphatic heterocycles. The van der Waals surface area contributed by atoms with Crippen molar-refractivity contribution in [2.24, 2.45) is 0 Å². The van der Waals surface area contributed by atoms with Gasteiger partial charge in [-0.2, -0.15) is 0 Å². The summed E-state index contributed by atoms with van der Waals surface area (Å²) in [4.78, 5) is 3.50. The smallest absolute Gasteiger partial charge is 0.264 e. The van der Waals surface area contributed by atoms with E-state index in [4.69, 9.17) is 40.5 Å². The van der Waals surface area contributed by atoms with Crippen molar-refractivity contribution in [2.45, 2.75) is 4.90 Å². The second kappa shape index (κ2) is 5.65. The summed E-state index contributed by atoms with van der Waals surface area (Å²) >= 11 is 17.5. The Morgan fingerprint density at radius 2 is 1.70 bits per heavy atom. The first-order valence-corrected chi connectivity index (χ1v) is 7.80. The third-order valence-corrected chi connectivity index (χ3v) is 4.78. The minimum atomic E-state index is -3.96. The van der Waals surface area contributed by atoms with Gasteiger partial charge in [0.15, 0.2) is 0 Å². The summed E-state index contributed by atoms with van der Waals surface area (Å²) < 4.78 is 26.9. The van der Waals surface area contributed by atoms with E-state index in [1.807, 2.05) is 0 Å².